The molecule has 0 spiro atoms. The Bertz CT molecular complexity index is 328. The van der Waals surface area contributed by atoms with Crippen molar-refractivity contribution in [2.45, 2.75) is 32.6 Å². The van der Waals surface area contributed by atoms with Crippen LogP contribution >= 0.6 is 0 Å². The molecule has 15 heavy (non-hydrogen) atoms. The Morgan fingerprint density at radius 1 is 1.33 bits per heavy atom. The molecule has 80 valence electrons. The first-order chi connectivity index (χ1) is 7.36. The molecule has 0 bridgehead atoms. The van der Waals surface area contributed by atoms with Crippen molar-refractivity contribution in [2.24, 2.45) is 0 Å². The molecule has 0 fully saturated rings. The molecule has 1 heterocycles. The van der Waals surface area contributed by atoms with E-state index >= 15 is 0 Å². The summed E-state index contributed by atoms with van der Waals surface area (Å²) in [5.41, 5.74) is 0.466. The van der Waals surface area contributed by atoms with E-state index in [4.69, 9.17) is 5.26 Å². The van der Waals surface area contributed by atoms with Gasteiger partial charge in [-0.25, -0.2) is 4.98 Å². The Morgan fingerprint density at radius 2 is 2.20 bits per heavy atom. The molecule has 3 nitrogen and oxygen atoms in total. The first kappa shape index (κ1) is 11.5. The maximum atomic E-state index is 8.66. The van der Waals surface area contributed by atoms with Crippen LogP contribution in [0.1, 0.15) is 38.3 Å². The maximum Gasteiger partial charge on any atom is 0.142 e. The Hall–Kier alpha value is -1.56. The predicted molar refractivity (Wildman–Crippen MR) is 61.6 cm³/mol. The lowest BCUT2D eigenvalue weighted by molar-refractivity contribution is 0.684. The average Bonchev–Trinajstić information content (AvgIpc) is 2.29. The quantitative estimate of drug-likeness (QED) is 0.723. The zero-order valence-corrected chi connectivity index (χ0v) is 9.16. The fraction of sp³-hybridized carbons (Fsp3) is 0.500. The molecule has 0 atom stereocenters. The monoisotopic (exact) mass is 203 g/mol. The normalized spacial score (nSPS) is 9.60. The number of nitrogens with one attached hydrogen (secondary N) is 1. The van der Waals surface area contributed by atoms with Crippen LogP contribution in [0.2, 0.25) is 0 Å². The highest BCUT2D eigenvalue weighted by molar-refractivity contribution is 5.38. The highest BCUT2D eigenvalue weighted by Gasteiger charge is 1.95. The molecule has 1 aromatic rings. The van der Waals surface area contributed by atoms with Gasteiger partial charge in [-0.2, -0.15) is 5.26 Å². The van der Waals surface area contributed by atoms with Gasteiger partial charge in [-0.05, 0) is 18.6 Å². The number of aromatic nitrogens is 1. The molecule has 0 aliphatic heterocycles. The van der Waals surface area contributed by atoms with E-state index in [1.807, 2.05) is 18.2 Å². The van der Waals surface area contributed by atoms with Crippen LogP contribution in [-0.4, -0.2) is 11.5 Å². The van der Waals surface area contributed by atoms with Crippen molar-refractivity contribution >= 4 is 5.82 Å². The van der Waals surface area contributed by atoms with Gasteiger partial charge in [0.15, 0.2) is 0 Å². The molecule has 3 heteroatoms. The minimum absolute atomic E-state index is 0.466. The SMILES string of the molecule is CCCCCCNc1cccc(C#N)n1. The number of anilines is 1. The molecule has 0 aliphatic rings. The van der Waals surface area contributed by atoms with Crippen molar-refractivity contribution in [2.75, 3.05) is 11.9 Å². The van der Waals surface area contributed by atoms with Crippen molar-refractivity contribution in [1.82, 2.24) is 4.98 Å². The fourth-order valence-electron chi connectivity index (χ4n) is 1.36. The summed E-state index contributed by atoms with van der Waals surface area (Å²) in [5.74, 6) is 0.797. The van der Waals surface area contributed by atoms with Crippen LogP contribution in [0.3, 0.4) is 0 Å². The van der Waals surface area contributed by atoms with Crippen molar-refractivity contribution in [3.63, 3.8) is 0 Å². The smallest absolute Gasteiger partial charge is 0.142 e. The van der Waals surface area contributed by atoms with E-state index in [1.54, 1.807) is 6.07 Å². The second kappa shape index (κ2) is 6.83. The predicted octanol–water partition coefficient (Wildman–Crippen LogP) is 2.95. The lowest BCUT2D eigenvalue weighted by Crippen LogP contribution is -2.03. The minimum Gasteiger partial charge on any atom is -0.370 e. The van der Waals surface area contributed by atoms with E-state index < -0.39 is 0 Å². The molecule has 0 aliphatic carbocycles. The summed E-state index contributed by atoms with van der Waals surface area (Å²) in [6.45, 7) is 3.13. The molecule has 1 aromatic heterocycles. The number of nitriles is 1. The van der Waals surface area contributed by atoms with Crippen molar-refractivity contribution in [3.8, 4) is 6.07 Å². The number of hydrogen-bond donors (Lipinski definition) is 1. The van der Waals surface area contributed by atoms with Gasteiger partial charge in [0, 0.05) is 6.54 Å². The Kier molecular flexibility index (Phi) is 5.24. The molecule has 0 unspecified atom stereocenters. The molecule has 0 saturated carbocycles. The van der Waals surface area contributed by atoms with Gasteiger partial charge in [0.1, 0.15) is 17.6 Å². The highest BCUT2D eigenvalue weighted by Crippen LogP contribution is 2.05. The number of rotatable bonds is 6. The molecular formula is C12H17N3. The highest BCUT2D eigenvalue weighted by atomic mass is 15.0. The van der Waals surface area contributed by atoms with Crippen LogP contribution in [0.5, 0.6) is 0 Å². The molecule has 1 rings (SSSR count). The summed E-state index contributed by atoms with van der Waals surface area (Å²) in [6.07, 6.45) is 4.95. The largest absolute Gasteiger partial charge is 0.370 e. The maximum absolute atomic E-state index is 8.66. The van der Waals surface area contributed by atoms with Gasteiger partial charge in [-0.1, -0.05) is 32.3 Å². The Morgan fingerprint density at radius 3 is 2.93 bits per heavy atom. The van der Waals surface area contributed by atoms with Gasteiger partial charge in [-0.3, -0.25) is 0 Å². The second-order valence-electron chi connectivity index (χ2n) is 3.51. The Balaban J connectivity index is 2.28. The topological polar surface area (TPSA) is 48.7 Å². The number of hydrogen-bond acceptors (Lipinski definition) is 3. The standard InChI is InChI=1S/C12H17N3/c1-2-3-4-5-9-14-12-8-6-7-11(10-13)15-12/h6-8H,2-5,9H2,1H3,(H,14,15). The van der Waals surface area contributed by atoms with Crippen LogP contribution < -0.4 is 5.32 Å². The van der Waals surface area contributed by atoms with E-state index in [2.05, 4.69) is 17.2 Å². The van der Waals surface area contributed by atoms with Crippen LogP contribution in [0, 0.1) is 11.3 Å². The van der Waals surface area contributed by atoms with E-state index in [0.717, 1.165) is 18.8 Å². The van der Waals surface area contributed by atoms with Gasteiger partial charge >= 0.3 is 0 Å². The average molecular weight is 203 g/mol. The third-order valence-electron chi connectivity index (χ3n) is 2.20. The number of pyridine rings is 1. The number of nitrogens with zero attached hydrogens (tertiary/aromatic N) is 2. The van der Waals surface area contributed by atoms with E-state index in [-0.39, 0.29) is 0 Å². The van der Waals surface area contributed by atoms with E-state index in [1.165, 1.54) is 19.3 Å². The van der Waals surface area contributed by atoms with E-state index in [0.29, 0.717) is 5.69 Å². The van der Waals surface area contributed by atoms with Gasteiger partial charge in [0.2, 0.25) is 0 Å². The first-order valence-electron chi connectivity index (χ1n) is 5.48. The van der Waals surface area contributed by atoms with Crippen molar-refractivity contribution < 1.29 is 0 Å². The van der Waals surface area contributed by atoms with Gasteiger partial charge in [-0.15, -0.1) is 0 Å². The number of unbranched alkanes of at least 4 members (excludes halogenated alkanes) is 3. The summed E-state index contributed by atoms with van der Waals surface area (Å²) in [5, 5.41) is 11.9. The van der Waals surface area contributed by atoms with Gasteiger partial charge in [0.25, 0.3) is 0 Å². The van der Waals surface area contributed by atoms with Crippen molar-refractivity contribution in [1.29, 1.82) is 5.26 Å². The second-order valence-corrected chi connectivity index (χ2v) is 3.51. The molecule has 0 radical (unpaired) electrons. The lowest BCUT2D eigenvalue weighted by Gasteiger charge is -2.04. The van der Waals surface area contributed by atoms with Crippen LogP contribution in [0.15, 0.2) is 18.2 Å². The third kappa shape index (κ3) is 4.46. The first-order valence-corrected chi connectivity index (χ1v) is 5.48. The summed E-state index contributed by atoms with van der Waals surface area (Å²) in [6, 6.07) is 7.47. The molecule has 0 amide bonds. The molecule has 0 saturated heterocycles. The van der Waals surface area contributed by atoms with Crippen LogP contribution in [0.4, 0.5) is 5.82 Å². The van der Waals surface area contributed by atoms with Gasteiger partial charge < -0.3 is 5.32 Å². The summed E-state index contributed by atoms with van der Waals surface area (Å²) in [7, 11) is 0. The summed E-state index contributed by atoms with van der Waals surface area (Å²) >= 11 is 0. The summed E-state index contributed by atoms with van der Waals surface area (Å²) in [4.78, 5) is 4.14. The zero-order chi connectivity index (χ0) is 10.9. The molecular weight excluding hydrogens is 186 g/mol. The van der Waals surface area contributed by atoms with Crippen LogP contribution in [-0.2, 0) is 0 Å². The van der Waals surface area contributed by atoms with Gasteiger partial charge in [0.05, 0.1) is 0 Å². The molecule has 1 N–H and O–H groups in total. The van der Waals surface area contributed by atoms with E-state index in [9.17, 15) is 0 Å². The third-order valence-corrected chi connectivity index (χ3v) is 2.20. The fourth-order valence-corrected chi connectivity index (χ4v) is 1.36. The zero-order valence-electron chi connectivity index (χ0n) is 9.16. The molecule has 0 aromatic carbocycles. The Labute approximate surface area is 91.1 Å². The summed E-state index contributed by atoms with van der Waals surface area (Å²) < 4.78 is 0. The minimum atomic E-state index is 0.466. The van der Waals surface area contributed by atoms with Crippen LogP contribution in [0.25, 0.3) is 0 Å². The lowest BCUT2D eigenvalue weighted by atomic mass is 10.2. The van der Waals surface area contributed by atoms with Crippen molar-refractivity contribution in [3.05, 3.63) is 23.9 Å².